The summed E-state index contributed by atoms with van der Waals surface area (Å²) in [4.78, 5) is 0. The van der Waals surface area contributed by atoms with Crippen molar-refractivity contribution in [3.63, 3.8) is 0 Å². The predicted molar refractivity (Wildman–Crippen MR) is 89.6 cm³/mol. The molecule has 0 aromatic heterocycles. The minimum atomic E-state index is 0.416. The Kier molecular flexibility index (Phi) is 4.40. The topological polar surface area (TPSA) is 12.0 Å². The van der Waals surface area contributed by atoms with Gasteiger partial charge in [-0.3, -0.25) is 0 Å². The molecule has 2 aromatic rings. The first-order valence-corrected chi connectivity index (χ1v) is 8.11. The third-order valence-corrected chi connectivity index (χ3v) is 4.76. The third kappa shape index (κ3) is 3.19. The number of rotatable bonds is 5. The van der Waals surface area contributed by atoms with Crippen LogP contribution in [0.3, 0.4) is 0 Å². The third-order valence-electron chi connectivity index (χ3n) is 4.76. The van der Waals surface area contributed by atoms with Gasteiger partial charge in [-0.15, -0.1) is 0 Å². The van der Waals surface area contributed by atoms with Crippen LogP contribution in [0.1, 0.15) is 41.6 Å². The maximum Gasteiger partial charge on any atom is 0.0346 e. The number of fused-ring (bicyclic) bond motifs is 1. The molecule has 0 fully saturated rings. The van der Waals surface area contributed by atoms with E-state index in [1.54, 1.807) is 11.1 Å². The van der Waals surface area contributed by atoms with Gasteiger partial charge < -0.3 is 5.32 Å². The number of hydrogen-bond donors (Lipinski definition) is 1. The molecule has 1 aliphatic carbocycles. The van der Waals surface area contributed by atoms with Gasteiger partial charge in [0, 0.05) is 6.04 Å². The maximum atomic E-state index is 3.49. The van der Waals surface area contributed by atoms with E-state index < -0.39 is 0 Å². The molecule has 110 valence electrons. The van der Waals surface area contributed by atoms with E-state index in [9.17, 15) is 0 Å². The van der Waals surface area contributed by atoms with Crippen LogP contribution in [0.4, 0.5) is 0 Å². The lowest BCUT2D eigenvalue weighted by molar-refractivity contribution is 0.409. The van der Waals surface area contributed by atoms with Gasteiger partial charge in [-0.2, -0.15) is 0 Å². The van der Waals surface area contributed by atoms with Crippen molar-refractivity contribution >= 4 is 0 Å². The SMILES string of the molecule is CNC(c1ccccc1)C(C)Cc1ccc2c(c1)CCC2. The molecule has 0 amide bonds. The Balaban J connectivity index is 1.74. The van der Waals surface area contributed by atoms with Gasteiger partial charge in [0.05, 0.1) is 0 Å². The fourth-order valence-electron chi connectivity index (χ4n) is 3.68. The van der Waals surface area contributed by atoms with Gasteiger partial charge in [-0.05, 0) is 60.9 Å². The maximum absolute atomic E-state index is 3.49. The minimum Gasteiger partial charge on any atom is -0.313 e. The van der Waals surface area contributed by atoms with Crippen LogP contribution in [0.5, 0.6) is 0 Å². The molecular formula is C20H25N. The monoisotopic (exact) mass is 279 g/mol. The molecule has 0 saturated carbocycles. The molecule has 1 nitrogen and oxygen atoms in total. The van der Waals surface area contributed by atoms with Crippen LogP contribution in [0.25, 0.3) is 0 Å². The molecule has 2 unspecified atom stereocenters. The van der Waals surface area contributed by atoms with E-state index in [2.05, 4.69) is 67.8 Å². The van der Waals surface area contributed by atoms with E-state index >= 15 is 0 Å². The van der Waals surface area contributed by atoms with Crippen molar-refractivity contribution in [3.8, 4) is 0 Å². The number of aryl methyl sites for hydroxylation is 2. The molecule has 3 rings (SSSR count). The Hall–Kier alpha value is -1.60. The first-order chi connectivity index (χ1) is 10.3. The molecule has 1 N–H and O–H groups in total. The first-order valence-electron chi connectivity index (χ1n) is 8.11. The van der Waals surface area contributed by atoms with Crippen molar-refractivity contribution in [2.24, 2.45) is 5.92 Å². The van der Waals surface area contributed by atoms with Crippen molar-refractivity contribution in [1.29, 1.82) is 0 Å². The van der Waals surface area contributed by atoms with Crippen LogP contribution in [0.15, 0.2) is 48.5 Å². The molecule has 0 bridgehead atoms. The van der Waals surface area contributed by atoms with Crippen LogP contribution in [0.2, 0.25) is 0 Å². The van der Waals surface area contributed by atoms with Crippen LogP contribution >= 0.6 is 0 Å². The second-order valence-corrected chi connectivity index (χ2v) is 6.32. The summed E-state index contributed by atoms with van der Waals surface area (Å²) in [6, 6.07) is 18.3. The second-order valence-electron chi connectivity index (χ2n) is 6.32. The highest BCUT2D eigenvalue weighted by Crippen LogP contribution is 2.27. The van der Waals surface area contributed by atoms with Gasteiger partial charge in [0.15, 0.2) is 0 Å². The van der Waals surface area contributed by atoms with E-state index in [1.807, 2.05) is 0 Å². The van der Waals surface area contributed by atoms with E-state index in [0.717, 1.165) is 6.42 Å². The zero-order valence-electron chi connectivity index (χ0n) is 13.1. The molecule has 0 aliphatic heterocycles. The summed E-state index contributed by atoms with van der Waals surface area (Å²) in [6.45, 7) is 2.35. The van der Waals surface area contributed by atoms with Crippen molar-refractivity contribution in [2.45, 2.75) is 38.6 Å². The smallest absolute Gasteiger partial charge is 0.0346 e. The van der Waals surface area contributed by atoms with Gasteiger partial charge in [0.25, 0.3) is 0 Å². The highest BCUT2D eigenvalue weighted by molar-refractivity contribution is 5.35. The Labute approximate surface area is 128 Å². The Bertz CT molecular complexity index is 588. The van der Waals surface area contributed by atoms with Gasteiger partial charge >= 0.3 is 0 Å². The number of hydrogen-bond acceptors (Lipinski definition) is 1. The fraction of sp³-hybridized carbons (Fsp3) is 0.400. The standard InChI is InChI=1S/C20H25N/c1-15(20(21-2)18-7-4-3-5-8-18)13-16-11-12-17-9-6-10-19(17)14-16/h3-5,7-8,11-12,14-15,20-21H,6,9-10,13H2,1-2H3. The molecule has 1 aliphatic rings. The lowest BCUT2D eigenvalue weighted by Crippen LogP contribution is -2.24. The van der Waals surface area contributed by atoms with Gasteiger partial charge in [0.2, 0.25) is 0 Å². The van der Waals surface area contributed by atoms with Crippen LogP contribution < -0.4 is 5.32 Å². The van der Waals surface area contributed by atoms with E-state index in [-0.39, 0.29) is 0 Å². The zero-order chi connectivity index (χ0) is 14.7. The van der Waals surface area contributed by atoms with Crippen LogP contribution in [0, 0.1) is 5.92 Å². The van der Waals surface area contributed by atoms with Gasteiger partial charge in [-0.25, -0.2) is 0 Å². The van der Waals surface area contributed by atoms with Gasteiger partial charge in [0.1, 0.15) is 0 Å². The Morgan fingerprint density at radius 3 is 2.52 bits per heavy atom. The Morgan fingerprint density at radius 2 is 1.76 bits per heavy atom. The van der Waals surface area contributed by atoms with E-state index in [0.29, 0.717) is 12.0 Å². The summed E-state index contributed by atoms with van der Waals surface area (Å²) < 4.78 is 0. The average Bonchev–Trinajstić information content (AvgIpc) is 2.96. The number of nitrogens with one attached hydrogen (secondary N) is 1. The minimum absolute atomic E-state index is 0.416. The first kappa shape index (κ1) is 14.3. The summed E-state index contributed by atoms with van der Waals surface area (Å²) in [5.41, 5.74) is 6.02. The molecule has 0 radical (unpaired) electrons. The van der Waals surface area contributed by atoms with Crippen molar-refractivity contribution in [1.82, 2.24) is 5.32 Å². The predicted octanol–water partition coefficient (Wildman–Crippen LogP) is 4.31. The molecule has 2 atom stereocenters. The average molecular weight is 279 g/mol. The van der Waals surface area contributed by atoms with E-state index in [4.69, 9.17) is 0 Å². The largest absolute Gasteiger partial charge is 0.313 e. The number of benzene rings is 2. The molecule has 2 aromatic carbocycles. The van der Waals surface area contributed by atoms with Crippen LogP contribution in [-0.4, -0.2) is 7.05 Å². The second kappa shape index (κ2) is 6.44. The summed E-state index contributed by atoms with van der Waals surface area (Å²) >= 11 is 0. The van der Waals surface area contributed by atoms with Gasteiger partial charge in [-0.1, -0.05) is 55.5 Å². The normalized spacial score (nSPS) is 16.5. The highest BCUT2D eigenvalue weighted by atomic mass is 14.9. The quantitative estimate of drug-likeness (QED) is 0.859. The summed E-state index contributed by atoms with van der Waals surface area (Å²) in [5.74, 6) is 0.580. The molecular weight excluding hydrogens is 254 g/mol. The lowest BCUT2D eigenvalue weighted by Gasteiger charge is -2.24. The summed E-state index contributed by atoms with van der Waals surface area (Å²) in [5, 5.41) is 3.49. The molecule has 1 heteroatoms. The van der Waals surface area contributed by atoms with E-state index in [1.165, 1.54) is 30.4 Å². The van der Waals surface area contributed by atoms with Crippen molar-refractivity contribution < 1.29 is 0 Å². The fourth-order valence-corrected chi connectivity index (χ4v) is 3.68. The van der Waals surface area contributed by atoms with Crippen LogP contribution in [-0.2, 0) is 19.3 Å². The zero-order valence-corrected chi connectivity index (χ0v) is 13.1. The molecule has 0 spiro atoms. The molecule has 0 heterocycles. The Morgan fingerprint density at radius 1 is 1.00 bits per heavy atom. The van der Waals surface area contributed by atoms with Crippen molar-refractivity contribution in [2.75, 3.05) is 7.05 Å². The van der Waals surface area contributed by atoms with Crippen molar-refractivity contribution in [3.05, 3.63) is 70.8 Å². The highest BCUT2D eigenvalue weighted by Gasteiger charge is 2.18. The summed E-state index contributed by atoms with van der Waals surface area (Å²) in [7, 11) is 2.07. The summed E-state index contributed by atoms with van der Waals surface area (Å²) in [6.07, 6.45) is 5.01. The molecule has 21 heavy (non-hydrogen) atoms. The molecule has 0 saturated heterocycles. The lowest BCUT2D eigenvalue weighted by atomic mass is 9.88.